The van der Waals surface area contributed by atoms with Crippen molar-refractivity contribution in [2.75, 3.05) is 18.2 Å². The Morgan fingerprint density at radius 3 is 2.58 bits per heavy atom. The fraction of sp³-hybridized carbons (Fsp3) is 0.385. The molecule has 1 aromatic rings. The van der Waals surface area contributed by atoms with Crippen LogP contribution in [0.5, 0.6) is 0 Å². The number of amides is 1. The number of benzene rings is 1. The maximum Gasteiger partial charge on any atom is 0.337 e. The number of hydrogen-bond acceptors (Lipinski definition) is 4. The zero-order valence-electron chi connectivity index (χ0n) is 11.2. The largest absolute Gasteiger partial charge is 0.478 e. The number of nitrogens with one attached hydrogen (secondary N) is 1. The molecule has 1 amide bonds. The summed E-state index contributed by atoms with van der Waals surface area (Å²) in [5.41, 5.74) is 5.53. The van der Waals surface area contributed by atoms with Crippen LogP contribution in [0.2, 0.25) is 0 Å². The van der Waals surface area contributed by atoms with Gasteiger partial charge < -0.3 is 20.9 Å². The molecule has 0 fully saturated rings. The van der Waals surface area contributed by atoms with E-state index in [1.165, 1.54) is 25.3 Å². The standard InChI is InChI=1S/C13H18N2O4/c1-13(2,19-3)7-11(16)15-10-6-8(14)4-5-9(10)12(17)18/h4-6H,7,14H2,1-3H3,(H,15,16)(H,17,18). The fourth-order valence-corrected chi connectivity index (χ4v) is 1.51. The second kappa shape index (κ2) is 5.71. The van der Waals surface area contributed by atoms with Gasteiger partial charge in [0, 0.05) is 12.8 Å². The van der Waals surface area contributed by atoms with Crippen molar-refractivity contribution in [3.8, 4) is 0 Å². The minimum atomic E-state index is -1.12. The number of carbonyl (C=O) groups excluding carboxylic acids is 1. The van der Waals surface area contributed by atoms with Crippen LogP contribution < -0.4 is 11.1 Å². The first kappa shape index (κ1) is 15.0. The number of nitrogens with two attached hydrogens (primary N) is 1. The van der Waals surface area contributed by atoms with Crippen LogP contribution in [0.15, 0.2) is 18.2 Å². The van der Waals surface area contributed by atoms with E-state index in [0.29, 0.717) is 5.69 Å². The number of hydrogen-bond donors (Lipinski definition) is 3. The third kappa shape index (κ3) is 4.26. The lowest BCUT2D eigenvalue weighted by atomic mass is 10.0. The molecule has 104 valence electrons. The quantitative estimate of drug-likeness (QED) is 0.704. The van der Waals surface area contributed by atoms with Gasteiger partial charge in [-0.1, -0.05) is 0 Å². The third-order valence-electron chi connectivity index (χ3n) is 2.69. The Bertz CT molecular complexity index is 497. The summed E-state index contributed by atoms with van der Waals surface area (Å²) in [5, 5.41) is 11.6. The van der Waals surface area contributed by atoms with Crippen LogP contribution in [0.4, 0.5) is 11.4 Å². The topological polar surface area (TPSA) is 102 Å². The van der Waals surface area contributed by atoms with Gasteiger partial charge in [0.2, 0.25) is 5.91 Å². The average molecular weight is 266 g/mol. The Kier molecular flexibility index (Phi) is 4.50. The van der Waals surface area contributed by atoms with Gasteiger partial charge in [0.05, 0.1) is 23.3 Å². The Labute approximate surface area is 111 Å². The molecule has 0 radical (unpaired) electrons. The highest BCUT2D eigenvalue weighted by Gasteiger charge is 2.22. The van der Waals surface area contributed by atoms with Gasteiger partial charge in [-0.15, -0.1) is 0 Å². The van der Waals surface area contributed by atoms with E-state index in [9.17, 15) is 9.59 Å². The molecule has 0 aliphatic rings. The lowest BCUT2D eigenvalue weighted by Crippen LogP contribution is -2.29. The maximum absolute atomic E-state index is 11.8. The number of nitrogen functional groups attached to an aromatic ring is 1. The van der Waals surface area contributed by atoms with Crippen molar-refractivity contribution >= 4 is 23.3 Å². The molecule has 6 heteroatoms. The first-order valence-corrected chi connectivity index (χ1v) is 5.73. The molecule has 0 atom stereocenters. The number of methoxy groups -OCH3 is 1. The van der Waals surface area contributed by atoms with E-state index in [-0.39, 0.29) is 23.6 Å². The van der Waals surface area contributed by atoms with Crippen LogP contribution in [0.25, 0.3) is 0 Å². The number of anilines is 2. The molecule has 19 heavy (non-hydrogen) atoms. The van der Waals surface area contributed by atoms with Crippen molar-refractivity contribution in [3.63, 3.8) is 0 Å². The van der Waals surface area contributed by atoms with Crippen molar-refractivity contribution in [2.24, 2.45) is 0 Å². The summed E-state index contributed by atoms with van der Waals surface area (Å²) in [5.74, 6) is -1.46. The highest BCUT2D eigenvalue weighted by Crippen LogP contribution is 2.21. The van der Waals surface area contributed by atoms with Crippen LogP contribution >= 0.6 is 0 Å². The molecule has 1 aromatic carbocycles. The van der Waals surface area contributed by atoms with Gasteiger partial charge in [-0.05, 0) is 32.0 Å². The van der Waals surface area contributed by atoms with Crippen molar-refractivity contribution in [2.45, 2.75) is 25.9 Å². The van der Waals surface area contributed by atoms with E-state index < -0.39 is 11.6 Å². The molecular weight excluding hydrogens is 248 g/mol. The van der Waals surface area contributed by atoms with E-state index in [2.05, 4.69) is 5.32 Å². The molecular formula is C13H18N2O4. The highest BCUT2D eigenvalue weighted by atomic mass is 16.5. The molecule has 0 saturated heterocycles. The number of carboxylic acid groups (broad SMARTS) is 1. The monoisotopic (exact) mass is 266 g/mol. The van der Waals surface area contributed by atoms with E-state index >= 15 is 0 Å². The van der Waals surface area contributed by atoms with Crippen molar-refractivity contribution in [1.82, 2.24) is 0 Å². The normalized spacial score (nSPS) is 11.1. The van der Waals surface area contributed by atoms with Gasteiger partial charge in [0.25, 0.3) is 0 Å². The van der Waals surface area contributed by atoms with Gasteiger partial charge in [-0.2, -0.15) is 0 Å². The molecule has 6 nitrogen and oxygen atoms in total. The van der Waals surface area contributed by atoms with E-state index in [1.54, 1.807) is 13.8 Å². The summed E-state index contributed by atoms with van der Waals surface area (Å²) < 4.78 is 5.15. The smallest absolute Gasteiger partial charge is 0.337 e. The Morgan fingerprint density at radius 1 is 1.42 bits per heavy atom. The fourth-order valence-electron chi connectivity index (χ4n) is 1.51. The first-order chi connectivity index (χ1) is 8.75. The Balaban J connectivity index is 2.90. The van der Waals surface area contributed by atoms with Crippen LogP contribution in [-0.2, 0) is 9.53 Å². The van der Waals surface area contributed by atoms with Crippen molar-refractivity contribution in [1.29, 1.82) is 0 Å². The number of aromatic carboxylic acids is 1. The maximum atomic E-state index is 11.8. The van der Waals surface area contributed by atoms with E-state index in [0.717, 1.165) is 0 Å². The predicted octanol–water partition coefficient (Wildman–Crippen LogP) is 1.72. The van der Waals surface area contributed by atoms with Crippen LogP contribution in [-0.4, -0.2) is 29.7 Å². The zero-order chi connectivity index (χ0) is 14.6. The molecule has 0 heterocycles. The molecule has 0 spiro atoms. The van der Waals surface area contributed by atoms with Crippen LogP contribution in [0.3, 0.4) is 0 Å². The Hall–Kier alpha value is -2.08. The van der Waals surface area contributed by atoms with Crippen LogP contribution in [0, 0.1) is 0 Å². The second-order valence-electron chi connectivity index (χ2n) is 4.80. The van der Waals surface area contributed by atoms with Gasteiger partial charge >= 0.3 is 5.97 Å². The SMILES string of the molecule is COC(C)(C)CC(=O)Nc1cc(N)ccc1C(=O)O. The number of ether oxygens (including phenoxy) is 1. The molecule has 4 N–H and O–H groups in total. The lowest BCUT2D eigenvalue weighted by molar-refractivity contribution is -0.121. The van der Waals surface area contributed by atoms with Crippen molar-refractivity contribution < 1.29 is 19.4 Å². The van der Waals surface area contributed by atoms with Gasteiger partial charge in [0.1, 0.15) is 0 Å². The molecule has 0 aliphatic heterocycles. The molecule has 0 aromatic heterocycles. The summed E-state index contributed by atoms with van der Waals surface area (Å²) in [4.78, 5) is 22.9. The zero-order valence-corrected chi connectivity index (χ0v) is 11.2. The number of rotatable bonds is 5. The highest BCUT2D eigenvalue weighted by molar-refractivity contribution is 6.01. The number of carboxylic acids is 1. The lowest BCUT2D eigenvalue weighted by Gasteiger charge is -2.22. The van der Waals surface area contributed by atoms with Gasteiger partial charge in [-0.25, -0.2) is 4.79 Å². The first-order valence-electron chi connectivity index (χ1n) is 5.73. The molecule has 0 aliphatic carbocycles. The third-order valence-corrected chi connectivity index (χ3v) is 2.69. The minimum absolute atomic E-state index is 0.00206. The minimum Gasteiger partial charge on any atom is -0.478 e. The molecule has 0 bridgehead atoms. The number of carbonyl (C=O) groups is 2. The summed E-state index contributed by atoms with van der Waals surface area (Å²) in [6.07, 6.45) is 0.108. The Morgan fingerprint density at radius 2 is 2.05 bits per heavy atom. The molecule has 0 unspecified atom stereocenters. The molecule has 1 rings (SSSR count). The second-order valence-corrected chi connectivity index (χ2v) is 4.80. The molecule has 0 saturated carbocycles. The van der Waals surface area contributed by atoms with Gasteiger partial charge in [-0.3, -0.25) is 4.79 Å². The summed E-state index contributed by atoms with van der Waals surface area (Å²) in [6.45, 7) is 3.54. The summed E-state index contributed by atoms with van der Waals surface area (Å²) >= 11 is 0. The summed E-state index contributed by atoms with van der Waals surface area (Å²) in [7, 11) is 1.51. The average Bonchev–Trinajstić information content (AvgIpc) is 2.27. The van der Waals surface area contributed by atoms with E-state index in [4.69, 9.17) is 15.6 Å². The van der Waals surface area contributed by atoms with E-state index in [1.807, 2.05) is 0 Å². The predicted molar refractivity (Wildman–Crippen MR) is 72.1 cm³/mol. The summed E-state index contributed by atoms with van der Waals surface area (Å²) in [6, 6.07) is 4.24. The van der Waals surface area contributed by atoms with Gasteiger partial charge in [0.15, 0.2) is 0 Å². The van der Waals surface area contributed by atoms with Crippen LogP contribution in [0.1, 0.15) is 30.6 Å². The van der Waals surface area contributed by atoms with Crippen molar-refractivity contribution in [3.05, 3.63) is 23.8 Å².